The second-order valence-corrected chi connectivity index (χ2v) is 6.68. The molecular formula is C15H29N3OS. The first-order chi connectivity index (χ1) is 9.45. The Hall–Kier alpha value is -0.650. The Kier molecular flexibility index (Phi) is 7.48. The number of nitrogens with one attached hydrogen (secondary N) is 1. The predicted octanol–water partition coefficient (Wildman–Crippen LogP) is 3.24. The number of aromatic nitrogens is 1. The molecule has 0 unspecified atom stereocenters. The van der Waals surface area contributed by atoms with Crippen molar-refractivity contribution in [3.8, 4) is 0 Å². The smallest absolute Gasteiger partial charge is 0.185 e. The van der Waals surface area contributed by atoms with Gasteiger partial charge in [-0.25, -0.2) is 4.98 Å². The highest BCUT2D eigenvalue weighted by Gasteiger charge is 2.16. The molecule has 0 amide bonds. The largest absolute Gasteiger partial charge is 0.380 e. The summed E-state index contributed by atoms with van der Waals surface area (Å²) in [6.45, 7) is 14.1. The van der Waals surface area contributed by atoms with E-state index in [1.165, 1.54) is 10.6 Å². The van der Waals surface area contributed by atoms with E-state index >= 15 is 0 Å². The van der Waals surface area contributed by atoms with Crippen molar-refractivity contribution in [3.63, 3.8) is 0 Å². The zero-order valence-electron chi connectivity index (χ0n) is 13.7. The summed E-state index contributed by atoms with van der Waals surface area (Å²) in [5.41, 5.74) is 1.22. The van der Waals surface area contributed by atoms with Crippen LogP contribution in [0.3, 0.4) is 0 Å². The van der Waals surface area contributed by atoms with E-state index < -0.39 is 0 Å². The number of thiazole rings is 1. The third-order valence-electron chi connectivity index (χ3n) is 3.04. The highest BCUT2D eigenvalue weighted by atomic mass is 32.1. The molecule has 1 N–H and O–H groups in total. The van der Waals surface area contributed by atoms with Gasteiger partial charge in [0.2, 0.25) is 0 Å². The van der Waals surface area contributed by atoms with Crippen molar-refractivity contribution in [1.29, 1.82) is 0 Å². The minimum Gasteiger partial charge on any atom is -0.380 e. The molecule has 4 nitrogen and oxygen atoms in total. The molecule has 0 bridgehead atoms. The number of ether oxygens (including phenoxy) is 1. The Morgan fingerprint density at radius 2 is 2.00 bits per heavy atom. The van der Waals surface area contributed by atoms with Gasteiger partial charge in [0.15, 0.2) is 5.13 Å². The van der Waals surface area contributed by atoms with Crippen molar-refractivity contribution >= 4 is 16.5 Å². The van der Waals surface area contributed by atoms with Crippen LogP contribution in [-0.4, -0.2) is 37.8 Å². The Bertz CT molecular complexity index is 390. The van der Waals surface area contributed by atoms with Crippen molar-refractivity contribution in [2.45, 2.75) is 53.1 Å². The third kappa shape index (κ3) is 5.38. The second-order valence-electron chi connectivity index (χ2n) is 5.61. The van der Waals surface area contributed by atoms with Crippen LogP contribution in [0.2, 0.25) is 0 Å². The summed E-state index contributed by atoms with van der Waals surface area (Å²) in [7, 11) is 2.08. The van der Waals surface area contributed by atoms with E-state index in [-0.39, 0.29) is 0 Å². The molecule has 1 heterocycles. The minimum atomic E-state index is 0.462. The maximum Gasteiger partial charge on any atom is 0.185 e. The molecule has 1 aromatic rings. The fraction of sp³-hybridized carbons (Fsp3) is 0.800. The van der Waals surface area contributed by atoms with Gasteiger partial charge in [-0.15, -0.1) is 11.3 Å². The van der Waals surface area contributed by atoms with Crippen LogP contribution in [0.25, 0.3) is 0 Å². The van der Waals surface area contributed by atoms with Crippen molar-refractivity contribution in [3.05, 3.63) is 10.6 Å². The number of rotatable bonds is 9. The molecule has 1 aromatic heterocycles. The molecule has 0 fully saturated rings. The molecule has 116 valence electrons. The Morgan fingerprint density at radius 3 is 2.55 bits per heavy atom. The van der Waals surface area contributed by atoms with Gasteiger partial charge in [0.1, 0.15) is 0 Å². The van der Waals surface area contributed by atoms with E-state index in [1.807, 2.05) is 6.92 Å². The van der Waals surface area contributed by atoms with E-state index in [0.29, 0.717) is 12.0 Å². The number of hydrogen-bond acceptors (Lipinski definition) is 5. The SMILES string of the molecule is CCOCCN(C)c1nc(C(C)C)c(CNC(C)C)s1. The normalized spacial score (nSPS) is 11.6. The van der Waals surface area contributed by atoms with Gasteiger partial charge in [-0.2, -0.15) is 0 Å². The number of hydrogen-bond donors (Lipinski definition) is 1. The molecule has 0 aliphatic heterocycles. The van der Waals surface area contributed by atoms with Crippen LogP contribution < -0.4 is 10.2 Å². The topological polar surface area (TPSA) is 37.4 Å². The summed E-state index contributed by atoms with van der Waals surface area (Å²) in [6.07, 6.45) is 0. The number of anilines is 1. The van der Waals surface area contributed by atoms with Crippen molar-refractivity contribution in [2.75, 3.05) is 31.7 Å². The zero-order chi connectivity index (χ0) is 15.1. The third-order valence-corrected chi connectivity index (χ3v) is 4.22. The molecule has 0 aliphatic rings. The fourth-order valence-corrected chi connectivity index (χ4v) is 2.98. The van der Waals surface area contributed by atoms with Crippen molar-refractivity contribution in [1.82, 2.24) is 10.3 Å². The van der Waals surface area contributed by atoms with E-state index in [0.717, 1.165) is 31.4 Å². The van der Waals surface area contributed by atoms with Gasteiger partial charge in [-0.1, -0.05) is 27.7 Å². The van der Waals surface area contributed by atoms with E-state index in [1.54, 1.807) is 11.3 Å². The maximum atomic E-state index is 5.41. The Labute approximate surface area is 127 Å². The molecule has 0 radical (unpaired) electrons. The first-order valence-corrected chi connectivity index (χ1v) is 8.29. The molecule has 0 aliphatic carbocycles. The van der Waals surface area contributed by atoms with Crippen LogP contribution in [0.1, 0.15) is 51.1 Å². The standard InChI is InChI=1S/C15H29N3OS/c1-7-19-9-8-18(6)15-17-14(11(2)3)13(20-15)10-16-12(4)5/h11-12,16H,7-10H2,1-6H3. The lowest BCUT2D eigenvalue weighted by atomic mass is 10.1. The summed E-state index contributed by atoms with van der Waals surface area (Å²) in [4.78, 5) is 8.35. The highest BCUT2D eigenvalue weighted by Crippen LogP contribution is 2.30. The average molecular weight is 299 g/mol. The van der Waals surface area contributed by atoms with Crippen molar-refractivity contribution < 1.29 is 4.74 Å². The second kappa shape index (κ2) is 8.60. The van der Waals surface area contributed by atoms with Gasteiger partial charge in [-0.3, -0.25) is 0 Å². The van der Waals surface area contributed by atoms with Crippen LogP contribution in [0.4, 0.5) is 5.13 Å². The summed E-state index contributed by atoms with van der Waals surface area (Å²) < 4.78 is 5.41. The Morgan fingerprint density at radius 1 is 1.30 bits per heavy atom. The molecular weight excluding hydrogens is 270 g/mol. The van der Waals surface area contributed by atoms with E-state index in [2.05, 4.69) is 45.0 Å². The molecule has 0 spiro atoms. The van der Waals surface area contributed by atoms with Gasteiger partial charge in [-0.05, 0) is 12.8 Å². The molecule has 0 atom stereocenters. The lowest BCUT2D eigenvalue weighted by Crippen LogP contribution is -2.22. The quantitative estimate of drug-likeness (QED) is 0.710. The number of likely N-dealkylation sites (N-methyl/N-ethyl adjacent to an activating group) is 1. The monoisotopic (exact) mass is 299 g/mol. The summed E-state index contributed by atoms with van der Waals surface area (Å²) in [5, 5.41) is 4.58. The van der Waals surface area contributed by atoms with E-state index in [9.17, 15) is 0 Å². The average Bonchev–Trinajstić information content (AvgIpc) is 2.80. The van der Waals surface area contributed by atoms with Crippen molar-refractivity contribution in [2.24, 2.45) is 0 Å². The van der Waals surface area contributed by atoms with E-state index in [4.69, 9.17) is 9.72 Å². The highest BCUT2D eigenvalue weighted by molar-refractivity contribution is 7.15. The zero-order valence-corrected chi connectivity index (χ0v) is 14.5. The molecule has 0 saturated heterocycles. The van der Waals surface area contributed by atoms with Gasteiger partial charge < -0.3 is 15.0 Å². The van der Waals surface area contributed by atoms with Gasteiger partial charge in [0, 0.05) is 37.7 Å². The molecule has 0 aromatic carbocycles. The Balaban J connectivity index is 2.74. The van der Waals surface area contributed by atoms with Crippen LogP contribution in [-0.2, 0) is 11.3 Å². The first kappa shape index (κ1) is 17.4. The summed E-state index contributed by atoms with van der Waals surface area (Å²) in [6, 6.07) is 0.497. The predicted molar refractivity (Wildman–Crippen MR) is 87.9 cm³/mol. The minimum absolute atomic E-state index is 0.462. The molecule has 20 heavy (non-hydrogen) atoms. The maximum absolute atomic E-state index is 5.41. The number of nitrogens with zero attached hydrogens (tertiary/aromatic N) is 2. The lowest BCUT2D eigenvalue weighted by Gasteiger charge is -2.15. The van der Waals surface area contributed by atoms with Gasteiger partial charge in [0.25, 0.3) is 0 Å². The van der Waals surface area contributed by atoms with Crippen LogP contribution >= 0.6 is 11.3 Å². The first-order valence-electron chi connectivity index (χ1n) is 7.47. The van der Waals surface area contributed by atoms with Crippen LogP contribution in [0.15, 0.2) is 0 Å². The lowest BCUT2D eigenvalue weighted by molar-refractivity contribution is 0.154. The van der Waals surface area contributed by atoms with Gasteiger partial charge >= 0.3 is 0 Å². The molecule has 0 saturated carbocycles. The summed E-state index contributed by atoms with van der Waals surface area (Å²) >= 11 is 1.79. The van der Waals surface area contributed by atoms with Crippen LogP contribution in [0, 0.1) is 0 Å². The van der Waals surface area contributed by atoms with Gasteiger partial charge in [0.05, 0.1) is 12.3 Å². The fourth-order valence-electron chi connectivity index (χ4n) is 1.83. The van der Waals surface area contributed by atoms with Crippen LogP contribution in [0.5, 0.6) is 0 Å². The molecule has 5 heteroatoms. The molecule has 1 rings (SSSR count). The summed E-state index contributed by atoms with van der Waals surface area (Å²) in [5.74, 6) is 0.462.